The van der Waals surface area contributed by atoms with Crippen molar-refractivity contribution in [2.75, 3.05) is 20.1 Å². The minimum Gasteiger partial charge on any atom is -0.356 e. The van der Waals surface area contributed by atoms with Crippen LogP contribution in [0.1, 0.15) is 34.0 Å². The second-order valence-corrected chi connectivity index (χ2v) is 7.28. The lowest BCUT2D eigenvalue weighted by Crippen LogP contribution is -2.40. The molecule has 0 bridgehead atoms. The minimum atomic E-state index is 0.263. The summed E-state index contributed by atoms with van der Waals surface area (Å²) in [5, 5.41) is 11.4. The fourth-order valence-electron chi connectivity index (χ4n) is 3.70. The monoisotopic (exact) mass is 389 g/mol. The van der Waals surface area contributed by atoms with Crippen LogP contribution in [-0.2, 0) is 13.5 Å². The van der Waals surface area contributed by atoms with Gasteiger partial charge >= 0.3 is 0 Å². The van der Waals surface area contributed by atoms with Crippen LogP contribution in [0.5, 0.6) is 0 Å². The Morgan fingerprint density at radius 1 is 0.966 bits per heavy atom. The summed E-state index contributed by atoms with van der Waals surface area (Å²) < 4.78 is 1.95. The Morgan fingerprint density at radius 2 is 1.55 bits per heavy atom. The summed E-state index contributed by atoms with van der Waals surface area (Å²) in [4.78, 5) is 4.40. The molecule has 3 aromatic rings. The third-order valence-electron chi connectivity index (χ3n) is 5.43. The van der Waals surface area contributed by atoms with E-state index in [1.54, 1.807) is 0 Å². The van der Waals surface area contributed by atoms with Crippen molar-refractivity contribution in [2.45, 2.75) is 26.2 Å². The Hall–Kier alpha value is -3.08. The van der Waals surface area contributed by atoms with Gasteiger partial charge in [0.1, 0.15) is 0 Å². The number of guanidine groups is 1. The Labute approximate surface area is 173 Å². The molecule has 0 atom stereocenters. The van der Waals surface area contributed by atoms with Crippen LogP contribution in [0, 0.1) is 13.8 Å². The number of rotatable bonds is 7. The first-order valence-electron chi connectivity index (χ1n) is 10.1. The van der Waals surface area contributed by atoms with Crippen LogP contribution in [0.4, 0.5) is 0 Å². The largest absolute Gasteiger partial charge is 0.356 e. The summed E-state index contributed by atoms with van der Waals surface area (Å²) in [6.45, 7) is 5.78. The lowest BCUT2D eigenvalue weighted by Gasteiger charge is -2.20. The highest BCUT2D eigenvalue weighted by atomic mass is 15.3. The van der Waals surface area contributed by atoms with Crippen LogP contribution in [0.2, 0.25) is 0 Å². The van der Waals surface area contributed by atoms with Gasteiger partial charge in [0.2, 0.25) is 0 Å². The number of nitrogens with zero attached hydrogens (tertiary/aromatic N) is 3. The van der Waals surface area contributed by atoms with Gasteiger partial charge < -0.3 is 10.6 Å². The van der Waals surface area contributed by atoms with Crippen molar-refractivity contribution in [1.29, 1.82) is 0 Å². The average molecular weight is 390 g/mol. The maximum atomic E-state index is 4.50. The quantitative estimate of drug-likeness (QED) is 0.480. The van der Waals surface area contributed by atoms with Gasteiger partial charge in [-0.1, -0.05) is 60.7 Å². The van der Waals surface area contributed by atoms with Crippen LogP contribution in [0.3, 0.4) is 0 Å². The van der Waals surface area contributed by atoms with E-state index < -0.39 is 0 Å². The van der Waals surface area contributed by atoms with E-state index in [0.717, 1.165) is 31.2 Å². The standard InChI is InChI=1S/C24H31N5/c1-18-22(19(2)29(4)28-18)15-16-26-24(25-3)27-17-23(20-11-7-5-8-12-20)21-13-9-6-10-14-21/h5-14,23H,15-17H2,1-4H3,(H2,25,26,27). The average Bonchev–Trinajstić information content (AvgIpc) is 3.00. The van der Waals surface area contributed by atoms with E-state index in [4.69, 9.17) is 0 Å². The normalized spacial score (nSPS) is 11.7. The first kappa shape index (κ1) is 20.6. The van der Waals surface area contributed by atoms with Gasteiger partial charge in [-0.3, -0.25) is 9.67 Å². The fourth-order valence-corrected chi connectivity index (χ4v) is 3.70. The summed E-state index contributed by atoms with van der Waals surface area (Å²) >= 11 is 0. The van der Waals surface area contributed by atoms with Crippen molar-refractivity contribution in [2.24, 2.45) is 12.0 Å². The van der Waals surface area contributed by atoms with Crippen molar-refractivity contribution in [3.63, 3.8) is 0 Å². The van der Waals surface area contributed by atoms with Crippen LogP contribution >= 0.6 is 0 Å². The second-order valence-electron chi connectivity index (χ2n) is 7.28. The Kier molecular flexibility index (Phi) is 7.06. The zero-order valence-corrected chi connectivity index (χ0v) is 17.8. The molecule has 29 heavy (non-hydrogen) atoms. The van der Waals surface area contributed by atoms with E-state index in [-0.39, 0.29) is 5.92 Å². The summed E-state index contributed by atoms with van der Waals surface area (Å²) in [6, 6.07) is 21.2. The molecule has 1 heterocycles. The molecule has 0 aliphatic heterocycles. The van der Waals surface area contributed by atoms with Gasteiger partial charge in [-0.2, -0.15) is 5.10 Å². The number of hydrogen-bond acceptors (Lipinski definition) is 2. The van der Waals surface area contributed by atoms with Gasteiger partial charge in [0, 0.05) is 38.8 Å². The lowest BCUT2D eigenvalue weighted by atomic mass is 9.91. The number of hydrogen-bond donors (Lipinski definition) is 2. The number of aliphatic imine (C=N–C) groups is 1. The van der Waals surface area contributed by atoms with E-state index in [0.29, 0.717) is 0 Å². The molecule has 0 radical (unpaired) electrons. The molecule has 1 aromatic heterocycles. The Balaban J connectivity index is 1.62. The van der Waals surface area contributed by atoms with E-state index in [9.17, 15) is 0 Å². The predicted octanol–water partition coefficient (Wildman–Crippen LogP) is 3.58. The number of aromatic nitrogens is 2. The Bertz CT molecular complexity index is 889. The summed E-state index contributed by atoms with van der Waals surface area (Å²) in [5.74, 6) is 1.08. The van der Waals surface area contributed by atoms with E-state index in [1.807, 2.05) is 18.8 Å². The molecule has 0 amide bonds. The van der Waals surface area contributed by atoms with Crippen molar-refractivity contribution in [1.82, 2.24) is 20.4 Å². The van der Waals surface area contributed by atoms with Crippen molar-refractivity contribution < 1.29 is 0 Å². The predicted molar refractivity (Wildman–Crippen MR) is 120 cm³/mol. The van der Waals surface area contributed by atoms with Crippen LogP contribution in [-0.4, -0.2) is 35.9 Å². The molecule has 5 heteroatoms. The maximum Gasteiger partial charge on any atom is 0.191 e. The van der Waals surface area contributed by atoms with Gasteiger partial charge in [0.15, 0.2) is 5.96 Å². The van der Waals surface area contributed by atoms with Crippen molar-refractivity contribution >= 4 is 5.96 Å². The molecule has 0 unspecified atom stereocenters. The van der Waals surface area contributed by atoms with E-state index in [2.05, 4.69) is 95.2 Å². The highest BCUT2D eigenvalue weighted by Crippen LogP contribution is 2.23. The molecule has 2 aromatic carbocycles. The zero-order chi connectivity index (χ0) is 20.6. The Morgan fingerprint density at radius 3 is 2.03 bits per heavy atom. The third-order valence-corrected chi connectivity index (χ3v) is 5.43. The minimum absolute atomic E-state index is 0.263. The van der Waals surface area contributed by atoms with Crippen molar-refractivity contribution in [3.8, 4) is 0 Å². The molecule has 152 valence electrons. The zero-order valence-electron chi connectivity index (χ0n) is 17.8. The molecule has 0 fully saturated rings. The first-order valence-corrected chi connectivity index (χ1v) is 10.1. The molecule has 0 spiro atoms. The first-order chi connectivity index (χ1) is 14.1. The SMILES string of the molecule is CN=C(NCCc1c(C)nn(C)c1C)NCC(c1ccccc1)c1ccccc1. The molecule has 0 saturated carbocycles. The van der Waals surface area contributed by atoms with Gasteiger partial charge in [0.05, 0.1) is 5.69 Å². The van der Waals surface area contributed by atoms with Crippen LogP contribution in [0.15, 0.2) is 65.7 Å². The highest BCUT2D eigenvalue weighted by molar-refractivity contribution is 5.79. The number of aryl methyl sites for hydroxylation is 2. The molecule has 2 N–H and O–H groups in total. The lowest BCUT2D eigenvalue weighted by molar-refractivity contribution is 0.721. The summed E-state index contributed by atoms with van der Waals surface area (Å²) in [6.07, 6.45) is 0.924. The number of benzene rings is 2. The molecule has 3 rings (SSSR count). The molecular formula is C24H31N5. The molecular weight excluding hydrogens is 358 g/mol. The van der Waals surface area contributed by atoms with Gasteiger partial charge in [-0.25, -0.2) is 0 Å². The second kappa shape index (κ2) is 9.92. The van der Waals surface area contributed by atoms with Crippen LogP contribution < -0.4 is 10.6 Å². The molecule has 0 saturated heterocycles. The molecule has 0 aliphatic carbocycles. The van der Waals surface area contributed by atoms with Gasteiger partial charge in [-0.05, 0) is 37.0 Å². The van der Waals surface area contributed by atoms with Gasteiger partial charge in [0.25, 0.3) is 0 Å². The van der Waals surface area contributed by atoms with Gasteiger partial charge in [-0.15, -0.1) is 0 Å². The fraction of sp³-hybridized carbons (Fsp3) is 0.333. The van der Waals surface area contributed by atoms with E-state index in [1.165, 1.54) is 22.4 Å². The third kappa shape index (κ3) is 5.25. The maximum absolute atomic E-state index is 4.50. The highest BCUT2D eigenvalue weighted by Gasteiger charge is 2.15. The topological polar surface area (TPSA) is 54.2 Å². The molecule has 5 nitrogen and oxygen atoms in total. The number of nitrogens with one attached hydrogen (secondary N) is 2. The summed E-state index contributed by atoms with van der Waals surface area (Å²) in [7, 11) is 3.81. The summed E-state index contributed by atoms with van der Waals surface area (Å²) in [5.41, 5.74) is 6.22. The van der Waals surface area contributed by atoms with Crippen LogP contribution in [0.25, 0.3) is 0 Å². The van der Waals surface area contributed by atoms with E-state index >= 15 is 0 Å². The smallest absolute Gasteiger partial charge is 0.191 e. The molecule has 0 aliphatic rings. The van der Waals surface area contributed by atoms with Crippen molar-refractivity contribution in [3.05, 3.63) is 88.7 Å².